The Morgan fingerprint density at radius 2 is 1.89 bits per heavy atom. The van der Waals surface area contributed by atoms with E-state index in [0.29, 0.717) is 22.9 Å². The summed E-state index contributed by atoms with van der Waals surface area (Å²) in [5.74, 6) is 0.150. The van der Waals surface area contributed by atoms with Crippen LogP contribution in [0.15, 0.2) is 41.3 Å². The highest BCUT2D eigenvalue weighted by atomic mass is 35.5. The van der Waals surface area contributed by atoms with Gasteiger partial charge in [0, 0.05) is 27.8 Å². The number of methoxy groups -OCH3 is 1. The lowest BCUT2D eigenvalue weighted by Crippen LogP contribution is -2.26. The Kier molecular flexibility index (Phi) is 8.09. The molecule has 0 aliphatic heterocycles. The summed E-state index contributed by atoms with van der Waals surface area (Å²) in [7, 11) is 1.41. The van der Waals surface area contributed by atoms with Crippen LogP contribution in [-0.4, -0.2) is 37.8 Å². The molecule has 9 heteroatoms. The number of nitrogens with one attached hydrogen (secondary N) is 1. The molecule has 0 saturated carbocycles. The maximum atomic E-state index is 12.3. The molecule has 0 aliphatic carbocycles. The molecule has 0 radical (unpaired) electrons. The highest BCUT2D eigenvalue weighted by molar-refractivity contribution is 7.99. The van der Waals surface area contributed by atoms with Gasteiger partial charge in [0.2, 0.25) is 0 Å². The second-order valence-corrected chi connectivity index (χ2v) is 7.31. The Bertz CT molecular complexity index is 816. The molecule has 2 rings (SSSR count). The number of hydrogen-bond donors (Lipinski definition) is 2. The third-order valence-corrected chi connectivity index (χ3v) is 4.87. The first kappa shape index (κ1) is 21.2. The predicted molar refractivity (Wildman–Crippen MR) is 107 cm³/mol. The van der Waals surface area contributed by atoms with Crippen molar-refractivity contribution in [1.82, 2.24) is 5.32 Å². The number of thioether (sulfide) groups is 1. The molecule has 0 aliphatic rings. The molecule has 0 saturated heterocycles. The van der Waals surface area contributed by atoms with E-state index in [1.165, 1.54) is 19.2 Å². The highest BCUT2D eigenvalue weighted by Crippen LogP contribution is 2.36. The molecule has 0 fully saturated rings. The van der Waals surface area contributed by atoms with Gasteiger partial charge in [0.25, 0.3) is 11.8 Å². The van der Waals surface area contributed by atoms with Gasteiger partial charge in [-0.25, -0.2) is 0 Å². The molecule has 0 aromatic heterocycles. The van der Waals surface area contributed by atoms with E-state index in [-0.39, 0.29) is 29.0 Å². The number of halogens is 2. The quantitative estimate of drug-likeness (QED) is 0.471. The van der Waals surface area contributed by atoms with Gasteiger partial charge < -0.3 is 20.5 Å². The van der Waals surface area contributed by atoms with E-state index in [1.807, 2.05) is 24.3 Å². The van der Waals surface area contributed by atoms with Crippen molar-refractivity contribution in [2.75, 3.05) is 26.0 Å². The van der Waals surface area contributed by atoms with Crippen molar-refractivity contribution >= 4 is 46.8 Å². The summed E-state index contributed by atoms with van der Waals surface area (Å²) in [6.07, 6.45) is 0. The van der Waals surface area contributed by atoms with Gasteiger partial charge in [-0.3, -0.25) is 9.59 Å². The van der Waals surface area contributed by atoms with E-state index in [1.54, 1.807) is 11.8 Å². The molecule has 0 heterocycles. The third-order valence-electron chi connectivity index (χ3n) is 3.32. The molecule has 0 bridgehead atoms. The van der Waals surface area contributed by atoms with E-state index < -0.39 is 5.91 Å². The molecule has 2 amide bonds. The molecule has 2 aromatic carbocycles. The van der Waals surface area contributed by atoms with Crippen LogP contribution < -0.4 is 20.5 Å². The lowest BCUT2D eigenvalue weighted by Gasteiger charge is -2.13. The van der Waals surface area contributed by atoms with Crippen molar-refractivity contribution in [3.8, 4) is 11.5 Å². The Morgan fingerprint density at radius 3 is 2.52 bits per heavy atom. The smallest absolute Gasteiger partial charge is 0.255 e. The van der Waals surface area contributed by atoms with Crippen molar-refractivity contribution in [2.24, 2.45) is 5.73 Å². The van der Waals surface area contributed by atoms with Crippen LogP contribution >= 0.6 is 35.0 Å². The minimum atomic E-state index is -0.645. The van der Waals surface area contributed by atoms with E-state index in [4.69, 9.17) is 38.4 Å². The summed E-state index contributed by atoms with van der Waals surface area (Å²) in [5, 5.41) is 3.65. The molecule has 0 atom stereocenters. The van der Waals surface area contributed by atoms with Crippen LogP contribution in [-0.2, 0) is 4.79 Å². The summed E-state index contributed by atoms with van der Waals surface area (Å²) >= 11 is 13.6. The maximum absolute atomic E-state index is 12.3. The van der Waals surface area contributed by atoms with Gasteiger partial charge in [0.15, 0.2) is 18.1 Å². The van der Waals surface area contributed by atoms with Crippen LogP contribution in [0.4, 0.5) is 0 Å². The van der Waals surface area contributed by atoms with E-state index in [9.17, 15) is 9.59 Å². The predicted octanol–water partition coefficient (Wildman–Crippen LogP) is 3.39. The van der Waals surface area contributed by atoms with E-state index in [2.05, 4.69) is 5.32 Å². The Balaban J connectivity index is 1.94. The minimum absolute atomic E-state index is 0.149. The van der Waals surface area contributed by atoms with Gasteiger partial charge >= 0.3 is 0 Å². The van der Waals surface area contributed by atoms with Gasteiger partial charge in [0.1, 0.15) is 0 Å². The van der Waals surface area contributed by atoms with Gasteiger partial charge in [-0.2, -0.15) is 0 Å². The number of nitrogens with two attached hydrogens (primary N) is 1. The third kappa shape index (κ3) is 6.53. The molecule has 0 spiro atoms. The Hall–Kier alpha value is -2.09. The van der Waals surface area contributed by atoms with Crippen molar-refractivity contribution in [2.45, 2.75) is 4.90 Å². The van der Waals surface area contributed by atoms with Crippen molar-refractivity contribution in [3.63, 3.8) is 0 Å². The largest absolute Gasteiger partial charge is 0.493 e. The zero-order valence-electron chi connectivity index (χ0n) is 14.5. The first-order valence-corrected chi connectivity index (χ1v) is 9.60. The summed E-state index contributed by atoms with van der Waals surface area (Å²) < 4.78 is 10.4. The number of benzene rings is 2. The number of carbonyl (C=O) groups excluding carboxylic acids is 2. The molecule has 0 unspecified atom stereocenters. The standard InChI is InChI=1S/C18H18Cl2N2O4S/c1-25-15-9-11(8-14(20)17(15)26-10-16(21)23)18(24)22-6-7-27-13-4-2-12(19)3-5-13/h2-5,8-9H,6-7,10H2,1H3,(H2,21,23)(H,22,24). The molecular formula is C18H18Cl2N2O4S. The number of rotatable bonds is 9. The van der Waals surface area contributed by atoms with E-state index >= 15 is 0 Å². The van der Waals surface area contributed by atoms with Crippen LogP contribution in [0.3, 0.4) is 0 Å². The zero-order valence-corrected chi connectivity index (χ0v) is 16.8. The minimum Gasteiger partial charge on any atom is -0.493 e. The number of carbonyl (C=O) groups is 2. The second-order valence-electron chi connectivity index (χ2n) is 5.30. The van der Waals surface area contributed by atoms with Crippen molar-refractivity contribution < 1.29 is 19.1 Å². The number of ether oxygens (including phenoxy) is 2. The summed E-state index contributed by atoms with van der Waals surface area (Å²) in [6, 6.07) is 10.4. The lowest BCUT2D eigenvalue weighted by atomic mass is 10.2. The summed E-state index contributed by atoms with van der Waals surface area (Å²) in [5.41, 5.74) is 5.38. The van der Waals surface area contributed by atoms with Gasteiger partial charge in [-0.05, 0) is 36.4 Å². The normalized spacial score (nSPS) is 10.3. The molecule has 27 heavy (non-hydrogen) atoms. The fourth-order valence-electron chi connectivity index (χ4n) is 2.10. The van der Waals surface area contributed by atoms with Gasteiger partial charge in [-0.15, -0.1) is 11.8 Å². The second kappa shape index (κ2) is 10.3. The number of primary amides is 1. The van der Waals surface area contributed by atoms with Gasteiger partial charge in [0.05, 0.1) is 12.1 Å². The average molecular weight is 429 g/mol. The summed E-state index contributed by atoms with van der Waals surface area (Å²) in [4.78, 5) is 24.3. The molecule has 144 valence electrons. The average Bonchev–Trinajstić information content (AvgIpc) is 2.64. The topological polar surface area (TPSA) is 90.7 Å². The summed E-state index contributed by atoms with van der Waals surface area (Å²) in [6.45, 7) is 0.121. The fourth-order valence-corrected chi connectivity index (χ4v) is 3.26. The fraction of sp³-hybridized carbons (Fsp3) is 0.222. The van der Waals surface area contributed by atoms with Crippen LogP contribution in [0.25, 0.3) is 0 Å². The molecule has 6 nitrogen and oxygen atoms in total. The van der Waals surface area contributed by atoms with Crippen LogP contribution in [0, 0.1) is 0 Å². The lowest BCUT2D eigenvalue weighted by molar-refractivity contribution is -0.119. The Labute approximate surface area is 171 Å². The Morgan fingerprint density at radius 1 is 1.19 bits per heavy atom. The molecular weight excluding hydrogens is 411 g/mol. The number of hydrogen-bond acceptors (Lipinski definition) is 5. The maximum Gasteiger partial charge on any atom is 0.255 e. The SMILES string of the molecule is COc1cc(C(=O)NCCSc2ccc(Cl)cc2)cc(Cl)c1OCC(N)=O. The molecule has 2 aromatic rings. The zero-order chi connectivity index (χ0) is 19.8. The monoisotopic (exact) mass is 428 g/mol. The number of amides is 2. The van der Waals surface area contributed by atoms with E-state index in [0.717, 1.165) is 4.90 Å². The first-order chi connectivity index (χ1) is 12.9. The van der Waals surface area contributed by atoms with Crippen LogP contribution in [0.5, 0.6) is 11.5 Å². The van der Waals surface area contributed by atoms with Gasteiger partial charge in [-0.1, -0.05) is 23.2 Å². The van der Waals surface area contributed by atoms with Crippen molar-refractivity contribution in [3.05, 3.63) is 52.0 Å². The van der Waals surface area contributed by atoms with Crippen LogP contribution in [0.1, 0.15) is 10.4 Å². The van der Waals surface area contributed by atoms with Crippen LogP contribution in [0.2, 0.25) is 10.0 Å². The molecule has 3 N–H and O–H groups in total. The first-order valence-electron chi connectivity index (χ1n) is 7.86. The van der Waals surface area contributed by atoms with Crippen molar-refractivity contribution in [1.29, 1.82) is 0 Å². The highest BCUT2D eigenvalue weighted by Gasteiger charge is 2.16.